The number of nitrogens with one attached hydrogen (secondary N) is 2. The zero-order valence-electron chi connectivity index (χ0n) is 10.2. The van der Waals surface area contributed by atoms with E-state index in [1.54, 1.807) is 6.92 Å². The minimum atomic E-state index is -3.25. The van der Waals surface area contributed by atoms with Crippen LogP contribution in [0.25, 0.3) is 0 Å². The molecule has 18 heavy (non-hydrogen) atoms. The van der Waals surface area contributed by atoms with Crippen LogP contribution in [0, 0.1) is 12.7 Å². The lowest BCUT2D eigenvalue weighted by molar-refractivity contribution is 0.0953. The van der Waals surface area contributed by atoms with Gasteiger partial charge in [0.05, 0.1) is 6.26 Å². The number of hydrogen-bond acceptors (Lipinski definition) is 3. The summed E-state index contributed by atoms with van der Waals surface area (Å²) in [4.78, 5) is 11.7. The molecule has 0 radical (unpaired) electrons. The summed E-state index contributed by atoms with van der Waals surface area (Å²) in [6.45, 7) is 1.92. The third kappa shape index (κ3) is 4.80. The fourth-order valence-corrected chi connectivity index (χ4v) is 1.86. The van der Waals surface area contributed by atoms with Gasteiger partial charge in [0.2, 0.25) is 10.0 Å². The largest absolute Gasteiger partial charge is 0.351 e. The molecule has 1 aromatic rings. The van der Waals surface area contributed by atoms with Gasteiger partial charge < -0.3 is 5.32 Å². The van der Waals surface area contributed by atoms with Crippen LogP contribution in [0.15, 0.2) is 18.2 Å². The van der Waals surface area contributed by atoms with Gasteiger partial charge in [-0.25, -0.2) is 17.5 Å². The van der Waals surface area contributed by atoms with Gasteiger partial charge in [0.15, 0.2) is 0 Å². The summed E-state index contributed by atoms with van der Waals surface area (Å²) in [7, 11) is -3.25. The van der Waals surface area contributed by atoms with E-state index in [4.69, 9.17) is 0 Å². The Balaban J connectivity index is 2.51. The second kappa shape index (κ2) is 5.92. The zero-order valence-corrected chi connectivity index (χ0v) is 11.0. The highest BCUT2D eigenvalue weighted by Crippen LogP contribution is 2.09. The third-order valence-electron chi connectivity index (χ3n) is 2.21. The topological polar surface area (TPSA) is 75.3 Å². The van der Waals surface area contributed by atoms with Gasteiger partial charge >= 0.3 is 0 Å². The van der Waals surface area contributed by atoms with E-state index >= 15 is 0 Å². The normalized spacial score (nSPS) is 11.3. The summed E-state index contributed by atoms with van der Waals surface area (Å²) in [5.41, 5.74) is 0.902. The molecule has 0 heterocycles. The van der Waals surface area contributed by atoms with E-state index in [0.717, 1.165) is 6.26 Å². The summed E-state index contributed by atoms with van der Waals surface area (Å²) in [6.07, 6.45) is 1.04. The van der Waals surface area contributed by atoms with Crippen molar-refractivity contribution in [2.75, 3.05) is 19.3 Å². The molecule has 0 aliphatic rings. The molecule has 0 bridgehead atoms. The van der Waals surface area contributed by atoms with Crippen molar-refractivity contribution < 1.29 is 17.6 Å². The Morgan fingerprint density at radius 2 is 2.00 bits per heavy atom. The van der Waals surface area contributed by atoms with Crippen molar-refractivity contribution in [1.82, 2.24) is 10.0 Å². The van der Waals surface area contributed by atoms with Gasteiger partial charge in [-0.05, 0) is 30.7 Å². The summed E-state index contributed by atoms with van der Waals surface area (Å²) in [6, 6.07) is 3.87. The highest BCUT2D eigenvalue weighted by molar-refractivity contribution is 7.88. The first kappa shape index (κ1) is 14.6. The molecule has 1 rings (SSSR count). The summed E-state index contributed by atoms with van der Waals surface area (Å²) >= 11 is 0. The predicted molar refractivity (Wildman–Crippen MR) is 66.3 cm³/mol. The molecule has 100 valence electrons. The van der Waals surface area contributed by atoms with E-state index in [1.807, 2.05) is 0 Å². The smallest absolute Gasteiger partial charge is 0.251 e. The standard InChI is InChI=1S/C11H15FN2O3S/c1-8-7-9(12)3-4-10(8)11(15)13-5-6-14-18(2,16)17/h3-4,7,14H,5-6H2,1-2H3,(H,13,15). The van der Waals surface area contributed by atoms with Crippen LogP contribution in [0.5, 0.6) is 0 Å². The molecule has 0 atom stereocenters. The van der Waals surface area contributed by atoms with E-state index in [0.29, 0.717) is 11.1 Å². The zero-order chi connectivity index (χ0) is 13.8. The average Bonchev–Trinajstić information content (AvgIpc) is 2.22. The van der Waals surface area contributed by atoms with Crippen molar-refractivity contribution in [3.8, 4) is 0 Å². The summed E-state index contributed by atoms with van der Waals surface area (Å²) < 4.78 is 36.6. The van der Waals surface area contributed by atoms with Crippen LogP contribution in [0.4, 0.5) is 4.39 Å². The number of aryl methyl sites for hydroxylation is 1. The van der Waals surface area contributed by atoms with Gasteiger partial charge in [-0.1, -0.05) is 0 Å². The lowest BCUT2D eigenvalue weighted by atomic mass is 10.1. The minimum Gasteiger partial charge on any atom is -0.351 e. The van der Waals surface area contributed by atoms with Crippen LogP contribution in [0.3, 0.4) is 0 Å². The second-order valence-electron chi connectivity index (χ2n) is 3.88. The number of sulfonamides is 1. The monoisotopic (exact) mass is 274 g/mol. The molecule has 2 N–H and O–H groups in total. The van der Waals surface area contributed by atoms with Crippen LogP contribution in [0.1, 0.15) is 15.9 Å². The van der Waals surface area contributed by atoms with Crippen molar-refractivity contribution >= 4 is 15.9 Å². The van der Waals surface area contributed by atoms with E-state index < -0.39 is 15.8 Å². The van der Waals surface area contributed by atoms with E-state index in [1.165, 1.54) is 18.2 Å². The van der Waals surface area contributed by atoms with E-state index in [2.05, 4.69) is 10.0 Å². The molecular weight excluding hydrogens is 259 g/mol. The maximum absolute atomic E-state index is 12.8. The van der Waals surface area contributed by atoms with Gasteiger partial charge in [0.25, 0.3) is 5.91 Å². The molecule has 0 unspecified atom stereocenters. The fraction of sp³-hybridized carbons (Fsp3) is 0.364. The van der Waals surface area contributed by atoms with Gasteiger partial charge in [-0.2, -0.15) is 0 Å². The SMILES string of the molecule is Cc1cc(F)ccc1C(=O)NCCNS(C)(=O)=O. The van der Waals surface area contributed by atoms with Gasteiger partial charge in [-0.3, -0.25) is 4.79 Å². The molecule has 0 aliphatic carbocycles. The first-order chi connectivity index (χ1) is 8.29. The predicted octanol–water partition coefficient (Wildman–Crippen LogP) is 0.413. The van der Waals surface area contributed by atoms with Crippen LogP contribution in [0.2, 0.25) is 0 Å². The molecule has 5 nitrogen and oxygen atoms in total. The van der Waals surface area contributed by atoms with Crippen molar-refractivity contribution in [2.45, 2.75) is 6.92 Å². The summed E-state index contributed by atoms with van der Waals surface area (Å²) in [5, 5.41) is 2.54. The molecule has 0 saturated heterocycles. The maximum Gasteiger partial charge on any atom is 0.251 e. The van der Waals surface area contributed by atoms with Crippen molar-refractivity contribution in [3.63, 3.8) is 0 Å². The molecule has 0 fully saturated rings. The van der Waals surface area contributed by atoms with Crippen LogP contribution < -0.4 is 10.0 Å². The quantitative estimate of drug-likeness (QED) is 0.764. The number of hydrogen-bond donors (Lipinski definition) is 2. The fourth-order valence-electron chi connectivity index (χ4n) is 1.39. The molecule has 7 heteroatoms. The Morgan fingerprint density at radius 1 is 1.33 bits per heavy atom. The molecule has 0 aromatic heterocycles. The van der Waals surface area contributed by atoms with Crippen LogP contribution in [-0.4, -0.2) is 33.7 Å². The Morgan fingerprint density at radius 3 is 2.56 bits per heavy atom. The highest BCUT2D eigenvalue weighted by atomic mass is 32.2. The van der Waals surface area contributed by atoms with Crippen molar-refractivity contribution in [1.29, 1.82) is 0 Å². The van der Waals surface area contributed by atoms with Crippen LogP contribution >= 0.6 is 0 Å². The van der Waals surface area contributed by atoms with E-state index in [9.17, 15) is 17.6 Å². The lowest BCUT2D eigenvalue weighted by Crippen LogP contribution is -2.34. The van der Waals surface area contributed by atoms with E-state index in [-0.39, 0.29) is 19.0 Å². The minimum absolute atomic E-state index is 0.116. The molecule has 0 spiro atoms. The first-order valence-electron chi connectivity index (χ1n) is 5.28. The number of carbonyl (C=O) groups is 1. The Labute approximate surface area is 105 Å². The summed E-state index contributed by atoms with van der Waals surface area (Å²) in [5.74, 6) is -0.759. The second-order valence-corrected chi connectivity index (χ2v) is 5.71. The number of carbonyl (C=O) groups excluding carboxylic acids is 1. The van der Waals surface area contributed by atoms with Gasteiger partial charge in [0.1, 0.15) is 5.82 Å². The van der Waals surface area contributed by atoms with Crippen molar-refractivity contribution in [3.05, 3.63) is 35.1 Å². The third-order valence-corrected chi connectivity index (χ3v) is 2.94. The Kier molecular flexibility index (Phi) is 4.80. The molecule has 1 amide bonds. The lowest BCUT2D eigenvalue weighted by Gasteiger charge is -2.08. The Hall–Kier alpha value is -1.47. The van der Waals surface area contributed by atoms with Crippen LogP contribution in [-0.2, 0) is 10.0 Å². The van der Waals surface area contributed by atoms with Gasteiger partial charge in [0, 0.05) is 18.7 Å². The Bertz CT molecular complexity index is 543. The number of rotatable bonds is 5. The molecule has 1 aromatic carbocycles. The number of halogens is 1. The number of amides is 1. The maximum atomic E-state index is 12.8. The highest BCUT2D eigenvalue weighted by Gasteiger charge is 2.09. The molecule has 0 aliphatic heterocycles. The average molecular weight is 274 g/mol. The number of benzene rings is 1. The first-order valence-corrected chi connectivity index (χ1v) is 7.18. The molecular formula is C11H15FN2O3S. The molecule has 0 saturated carbocycles. The van der Waals surface area contributed by atoms with Crippen molar-refractivity contribution in [2.24, 2.45) is 0 Å². The van der Waals surface area contributed by atoms with Gasteiger partial charge in [-0.15, -0.1) is 0 Å².